The van der Waals surface area contributed by atoms with Crippen molar-refractivity contribution < 1.29 is 9.18 Å². The van der Waals surface area contributed by atoms with Gasteiger partial charge >= 0.3 is 0 Å². The first-order valence-corrected chi connectivity index (χ1v) is 6.23. The van der Waals surface area contributed by atoms with Crippen molar-refractivity contribution in [1.29, 1.82) is 0 Å². The molecule has 2 nitrogen and oxygen atoms in total. The summed E-state index contributed by atoms with van der Waals surface area (Å²) in [4.78, 5) is 12.0. The lowest BCUT2D eigenvalue weighted by Crippen LogP contribution is -2.23. The third-order valence-corrected chi connectivity index (χ3v) is 3.02. The molecule has 2 rings (SSSR count). The zero-order chi connectivity index (χ0) is 13.8. The second kappa shape index (κ2) is 5.85. The van der Waals surface area contributed by atoms with Gasteiger partial charge in [0.25, 0.3) is 5.91 Å². The van der Waals surface area contributed by atoms with Crippen LogP contribution in [0.5, 0.6) is 0 Å². The fourth-order valence-electron chi connectivity index (χ4n) is 1.76. The van der Waals surface area contributed by atoms with Crippen LogP contribution in [-0.2, 0) is 6.54 Å². The number of nitrogens with one attached hydrogen (secondary N) is 1. The lowest BCUT2D eigenvalue weighted by molar-refractivity contribution is 0.0950. The van der Waals surface area contributed by atoms with E-state index in [9.17, 15) is 9.18 Å². The highest BCUT2D eigenvalue weighted by Gasteiger charge is 2.09. The van der Waals surface area contributed by atoms with Crippen molar-refractivity contribution in [1.82, 2.24) is 5.32 Å². The number of hydrogen-bond acceptors (Lipinski definition) is 1. The van der Waals surface area contributed by atoms with Crippen LogP contribution >= 0.6 is 11.6 Å². The largest absolute Gasteiger partial charge is 0.348 e. The Balaban J connectivity index is 2.07. The average molecular weight is 278 g/mol. The molecular formula is C15H13ClFNO. The topological polar surface area (TPSA) is 29.1 Å². The standard InChI is InChI=1S/C15H13ClFNO/c1-10-5-6-13(17)8-14(10)15(19)18-9-11-3-2-4-12(16)7-11/h2-8H,9H2,1H3,(H,18,19). The van der Waals surface area contributed by atoms with E-state index in [4.69, 9.17) is 11.6 Å². The molecule has 0 bridgehead atoms. The molecule has 0 aliphatic carbocycles. The average Bonchev–Trinajstić information content (AvgIpc) is 2.39. The summed E-state index contributed by atoms with van der Waals surface area (Å²) < 4.78 is 13.1. The summed E-state index contributed by atoms with van der Waals surface area (Å²) in [6, 6.07) is 11.4. The summed E-state index contributed by atoms with van der Waals surface area (Å²) in [6.07, 6.45) is 0. The monoisotopic (exact) mass is 277 g/mol. The van der Waals surface area contributed by atoms with Crippen LogP contribution in [0.1, 0.15) is 21.5 Å². The van der Waals surface area contributed by atoms with Gasteiger partial charge in [-0.1, -0.05) is 29.8 Å². The molecule has 0 heterocycles. The maximum Gasteiger partial charge on any atom is 0.251 e. The molecule has 0 saturated carbocycles. The van der Waals surface area contributed by atoms with Crippen molar-refractivity contribution in [2.45, 2.75) is 13.5 Å². The number of carbonyl (C=O) groups excluding carboxylic acids is 1. The van der Waals surface area contributed by atoms with Crippen LogP contribution < -0.4 is 5.32 Å². The summed E-state index contributed by atoms with van der Waals surface area (Å²) in [6.45, 7) is 2.13. The lowest BCUT2D eigenvalue weighted by atomic mass is 10.1. The molecule has 2 aromatic carbocycles. The molecule has 0 spiro atoms. The van der Waals surface area contributed by atoms with E-state index in [1.54, 1.807) is 25.1 Å². The first kappa shape index (κ1) is 13.6. The number of benzene rings is 2. The molecule has 0 aliphatic heterocycles. The van der Waals surface area contributed by atoms with E-state index in [0.29, 0.717) is 17.1 Å². The number of hydrogen-bond donors (Lipinski definition) is 1. The van der Waals surface area contributed by atoms with Crippen LogP contribution in [0, 0.1) is 12.7 Å². The van der Waals surface area contributed by atoms with E-state index in [1.807, 2.05) is 12.1 Å². The van der Waals surface area contributed by atoms with Gasteiger partial charge in [0, 0.05) is 17.1 Å². The van der Waals surface area contributed by atoms with Gasteiger partial charge in [-0.2, -0.15) is 0 Å². The Hall–Kier alpha value is -1.87. The van der Waals surface area contributed by atoms with Crippen molar-refractivity contribution in [2.24, 2.45) is 0 Å². The minimum atomic E-state index is -0.418. The van der Waals surface area contributed by atoms with Crippen molar-refractivity contribution in [2.75, 3.05) is 0 Å². The first-order valence-electron chi connectivity index (χ1n) is 5.85. The third kappa shape index (κ3) is 3.55. The van der Waals surface area contributed by atoms with E-state index < -0.39 is 5.82 Å². The number of halogens is 2. The lowest BCUT2D eigenvalue weighted by Gasteiger charge is -2.08. The Kier molecular flexibility index (Phi) is 4.17. The summed E-state index contributed by atoms with van der Waals surface area (Å²) in [5, 5.41) is 3.37. The minimum absolute atomic E-state index is 0.294. The number of amides is 1. The molecule has 0 unspecified atom stereocenters. The van der Waals surface area contributed by atoms with Crippen LogP contribution in [0.2, 0.25) is 5.02 Å². The minimum Gasteiger partial charge on any atom is -0.348 e. The van der Waals surface area contributed by atoms with Crippen molar-refractivity contribution in [3.05, 3.63) is 70.0 Å². The smallest absolute Gasteiger partial charge is 0.251 e. The van der Waals surface area contributed by atoms with Crippen LogP contribution in [0.4, 0.5) is 4.39 Å². The predicted octanol–water partition coefficient (Wildman–Crippen LogP) is 3.72. The van der Waals surface area contributed by atoms with E-state index >= 15 is 0 Å². The number of carbonyl (C=O) groups is 1. The number of rotatable bonds is 3. The van der Waals surface area contributed by atoms with E-state index in [2.05, 4.69) is 5.32 Å². The molecule has 0 saturated heterocycles. The van der Waals surface area contributed by atoms with Gasteiger partial charge in [-0.15, -0.1) is 0 Å². The van der Waals surface area contributed by atoms with E-state index in [1.165, 1.54) is 12.1 Å². The Morgan fingerprint density at radius 2 is 2.05 bits per heavy atom. The second-order valence-corrected chi connectivity index (χ2v) is 4.71. The van der Waals surface area contributed by atoms with E-state index in [0.717, 1.165) is 11.1 Å². The molecule has 98 valence electrons. The predicted molar refractivity (Wildman–Crippen MR) is 73.8 cm³/mol. The van der Waals surface area contributed by atoms with Crippen LogP contribution in [-0.4, -0.2) is 5.91 Å². The molecule has 0 aromatic heterocycles. The Morgan fingerprint density at radius 1 is 1.26 bits per heavy atom. The third-order valence-electron chi connectivity index (χ3n) is 2.79. The van der Waals surface area contributed by atoms with Gasteiger partial charge in [0.05, 0.1) is 0 Å². The molecule has 0 radical (unpaired) electrons. The maximum absolute atomic E-state index is 13.1. The Bertz CT molecular complexity index is 613. The molecule has 1 amide bonds. The zero-order valence-corrected chi connectivity index (χ0v) is 11.2. The quantitative estimate of drug-likeness (QED) is 0.910. The van der Waals surface area contributed by atoms with Crippen molar-refractivity contribution in [3.8, 4) is 0 Å². The van der Waals surface area contributed by atoms with Gasteiger partial charge < -0.3 is 5.32 Å². The normalized spacial score (nSPS) is 10.3. The second-order valence-electron chi connectivity index (χ2n) is 4.27. The van der Waals surface area contributed by atoms with E-state index in [-0.39, 0.29) is 5.91 Å². The van der Waals surface area contributed by atoms with Gasteiger partial charge in [0.2, 0.25) is 0 Å². The van der Waals surface area contributed by atoms with Gasteiger partial charge in [-0.3, -0.25) is 4.79 Å². The summed E-state index contributed by atoms with van der Waals surface area (Å²) >= 11 is 5.86. The Morgan fingerprint density at radius 3 is 2.79 bits per heavy atom. The molecule has 0 aliphatic rings. The highest BCUT2D eigenvalue weighted by atomic mass is 35.5. The molecule has 0 fully saturated rings. The summed E-state index contributed by atoms with van der Waals surface area (Å²) in [7, 11) is 0. The van der Waals surface area contributed by atoms with Crippen LogP contribution in [0.3, 0.4) is 0 Å². The zero-order valence-electron chi connectivity index (χ0n) is 10.4. The molecule has 4 heteroatoms. The van der Waals surface area contributed by atoms with Gasteiger partial charge in [-0.05, 0) is 42.3 Å². The highest BCUT2D eigenvalue weighted by Crippen LogP contribution is 2.12. The molecule has 19 heavy (non-hydrogen) atoms. The van der Waals surface area contributed by atoms with Crippen molar-refractivity contribution in [3.63, 3.8) is 0 Å². The highest BCUT2D eigenvalue weighted by molar-refractivity contribution is 6.30. The SMILES string of the molecule is Cc1ccc(F)cc1C(=O)NCc1cccc(Cl)c1. The first-order chi connectivity index (χ1) is 9.06. The number of aryl methyl sites for hydroxylation is 1. The van der Waals surface area contributed by atoms with Crippen molar-refractivity contribution >= 4 is 17.5 Å². The fraction of sp³-hybridized carbons (Fsp3) is 0.133. The molecule has 0 atom stereocenters. The summed E-state index contributed by atoms with van der Waals surface area (Å²) in [5.41, 5.74) is 1.99. The summed E-state index contributed by atoms with van der Waals surface area (Å²) in [5.74, 6) is -0.713. The van der Waals surface area contributed by atoms with Gasteiger partial charge in [0.15, 0.2) is 0 Å². The van der Waals surface area contributed by atoms with Gasteiger partial charge in [-0.25, -0.2) is 4.39 Å². The molecule has 2 aromatic rings. The maximum atomic E-state index is 13.1. The Labute approximate surface area is 116 Å². The van der Waals surface area contributed by atoms with Gasteiger partial charge in [0.1, 0.15) is 5.82 Å². The van der Waals surface area contributed by atoms with Crippen LogP contribution in [0.25, 0.3) is 0 Å². The molecular weight excluding hydrogens is 265 g/mol. The van der Waals surface area contributed by atoms with Crippen LogP contribution in [0.15, 0.2) is 42.5 Å². The fourth-order valence-corrected chi connectivity index (χ4v) is 1.98. The molecule has 1 N–H and O–H groups in total.